The first kappa shape index (κ1) is 12.9. The number of hydrogen-bond acceptors (Lipinski definition) is 5. The van der Waals surface area contributed by atoms with E-state index in [-0.39, 0.29) is 0 Å². The number of aromatic nitrogens is 3. The highest BCUT2D eigenvalue weighted by Crippen LogP contribution is 2.28. The van der Waals surface area contributed by atoms with Gasteiger partial charge in [-0.25, -0.2) is 0 Å². The summed E-state index contributed by atoms with van der Waals surface area (Å²) in [5.74, 6) is 1.77. The van der Waals surface area contributed by atoms with E-state index in [1.807, 2.05) is 23.6 Å². The Morgan fingerprint density at radius 2 is 2.29 bits per heavy atom. The maximum absolute atomic E-state index is 5.89. The van der Waals surface area contributed by atoms with Gasteiger partial charge in [-0.2, -0.15) is 0 Å². The van der Waals surface area contributed by atoms with Gasteiger partial charge in [0.25, 0.3) is 0 Å². The van der Waals surface area contributed by atoms with E-state index in [0.717, 1.165) is 27.6 Å². The second kappa shape index (κ2) is 5.86. The van der Waals surface area contributed by atoms with E-state index in [2.05, 4.69) is 10.2 Å². The normalized spacial score (nSPS) is 11.0. The third-order valence-corrected chi connectivity index (χ3v) is 4.66. The van der Waals surface area contributed by atoms with Crippen LogP contribution >= 0.6 is 34.7 Å². The van der Waals surface area contributed by atoms with E-state index in [1.54, 1.807) is 23.1 Å². The molecular weight excluding hydrogens is 276 g/mol. The Morgan fingerprint density at radius 3 is 2.94 bits per heavy atom. The van der Waals surface area contributed by atoms with Gasteiger partial charge in [-0.3, -0.25) is 0 Å². The van der Waals surface area contributed by atoms with Crippen molar-refractivity contribution in [1.29, 1.82) is 0 Å². The number of halogens is 1. The topological polar surface area (TPSA) is 56.7 Å². The monoisotopic (exact) mass is 288 g/mol. The van der Waals surface area contributed by atoms with Crippen LogP contribution < -0.4 is 5.73 Å². The van der Waals surface area contributed by atoms with Gasteiger partial charge in [-0.05, 0) is 19.1 Å². The minimum absolute atomic E-state index is 0.595. The molecule has 0 unspecified atom stereocenters. The van der Waals surface area contributed by atoms with Gasteiger partial charge in [0.1, 0.15) is 5.82 Å². The molecule has 2 heterocycles. The molecule has 0 saturated carbocycles. The quantitative estimate of drug-likeness (QED) is 0.859. The van der Waals surface area contributed by atoms with Crippen LogP contribution in [0.1, 0.15) is 10.7 Å². The highest BCUT2D eigenvalue weighted by Gasteiger charge is 2.09. The first-order valence-electron chi connectivity index (χ1n) is 5.17. The maximum Gasteiger partial charge on any atom is 0.191 e. The van der Waals surface area contributed by atoms with Crippen molar-refractivity contribution < 1.29 is 0 Å². The van der Waals surface area contributed by atoms with Crippen molar-refractivity contribution in [2.24, 2.45) is 5.73 Å². The van der Waals surface area contributed by atoms with Crippen molar-refractivity contribution in [3.8, 4) is 0 Å². The molecule has 0 aliphatic heterocycles. The third kappa shape index (κ3) is 3.22. The van der Waals surface area contributed by atoms with Gasteiger partial charge in [-0.1, -0.05) is 23.4 Å². The van der Waals surface area contributed by atoms with E-state index in [1.165, 1.54) is 4.88 Å². The zero-order valence-electron chi connectivity index (χ0n) is 9.39. The predicted octanol–water partition coefficient (Wildman–Crippen LogP) is 2.55. The Balaban J connectivity index is 2.03. The number of aryl methyl sites for hydroxylation is 1. The van der Waals surface area contributed by atoms with Crippen molar-refractivity contribution in [3.05, 3.63) is 27.2 Å². The average Bonchev–Trinajstić information content (AvgIpc) is 2.86. The second-order valence-corrected chi connectivity index (χ2v) is 6.21. The minimum Gasteiger partial charge on any atom is -0.329 e. The van der Waals surface area contributed by atoms with Crippen molar-refractivity contribution in [1.82, 2.24) is 14.8 Å². The zero-order chi connectivity index (χ0) is 12.3. The van der Waals surface area contributed by atoms with E-state index in [4.69, 9.17) is 17.3 Å². The Labute approximate surface area is 113 Å². The second-order valence-electron chi connectivity index (χ2n) is 3.46. The smallest absolute Gasteiger partial charge is 0.191 e. The van der Waals surface area contributed by atoms with Crippen LogP contribution in [0.2, 0.25) is 4.34 Å². The molecule has 2 N–H and O–H groups in total. The molecule has 0 bridgehead atoms. The maximum atomic E-state index is 5.89. The van der Waals surface area contributed by atoms with Crippen molar-refractivity contribution >= 4 is 34.7 Å². The SMILES string of the molecule is Cc1nnc(SCc2ccc(Cl)s2)n1CCN. The molecule has 2 aromatic rings. The van der Waals surface area contributed by atoms with Crippen molar-refractivity contribution in [3.63, 3.8) is 0 Å². The molecule has 0 aliphatic rings. The van der Waals surface area contributed by atoms with Gasteiger partial charge in [-0.15, -0.1) is 21.5 Å². The number of rotatable bonds is 5. The van der Waals surface area contributed by atoms with E-state index < -0.39 is 0 Å². The summed E-state index contributed by atoms with van der Waals surface area (Å²) in [5, 5.41) is 9.13. The molecule has 0 radical (unpaired) electrons. The van der Waals surface area contributed by atoms with Gasteiger partial charge < -0.3 is 10.3 Å². The van der Waals surface area contributed by atoms with E-state index in [9.17, 15) is 0 Å². The van der Waals surface area contributed by atoms with E-state index >= 15 is 0 Å². The molecule has 0 amide bonds. The van der Waals surface area contributed by atoms with Gasteiger partial charge in [0, 0.05) is 23.7 Å². The summed E-state index contributed by atoms with van der Waals surface area (Å²) in [6.07, 6.45) is 0. The number of nitrogens with two attached hydrogens (primary N) is 1. The van der Waals surface area contributed by atoms with Crippen LogP contribution in [-0.4, -0.2) is 21.3 Å². The summed E-state index contributed by atoms with van der Waals surface area (Å²) in [7, 11) is 0. The highest BCUT2D eigenvalue weighted by molar-refractivity contribution is 7.98. The fraction of sp³-hybridized carbons (Fsp3) is 0.400. The first-order valence-corrected chi connectivity index (χ1v) is 7.35. The third-order valence-electron chi connectivity index (χ3n) is 2.23. The minimum atomic E-state index is 0.595. The Kier molecular flexibility index (Phi) is 4.44. The van der Waals surface area contributed by atoms with Gasteiger partial charge >= 0.3 is 0 Å². The number of thiophene rings is 1. The van der Waals surface area contributed by atoms with Gasteiger partial charge in [0.05, 0.1) is 4.34 Å². The summed E-state index contributed by atoms with van der Waals surface area (Å²) < 4.78 is 2.86. The molecule has 2 aromatic heterocycles. The summed E-state index contributed by atoms with van der Waals surface area (Å²) in [6.45, 7) is 3.29. The van der Waals surface area contributed by atoms with Gasteiger partial charge in [0.2, 0.25) is 0 Å². The first-order chi connectivity index (χ1) is 8.20. The van der Waals surface area contributed by atoms with Crippen LogP contribution in [0.5, 0.6) is 0 Å². The molecule has 0 spiro atoms. The molecule has 0 aromatic carbocycles. The van der Waals surface area contributed by atoms with Crippen LogP contribution in [0.25, 0.3) is 0 Å². The summed E-state index contributed by atoms with van der Waals surface area (Å²) >= 11 is 9.14. The van der Waals surface area contributed by atoms with Crippen LogP contribution in [0, 0.1) is 6.92 Å². The van der Waals surface area contributed by atoms with Gasteiger partial charge in [0.15, 0.2) is 5.16 Å². The molecule has 7 heteroatoms. The van der Waals surface area contributed by atoms with Crippen LogP contribution in [0.3, 0.4) is 0 Å². The summed E-state index contributed by atoms with van der Waals surface area (Å²) in [6, 6.07) is 3.95. The van der Waals surface area contributed by atoms with Crippen molar-refractivity contribution in [2.75, 3.05) is 6.54 Å². The largest absolute Gasteiger partial charge is 0.329 e. The average molecular weight is 289 g/mol. The van der Waals surface area contributed by atoms with E-state index in [0.29, 0.717) is 6.54 Å². The molecule has 17 heavy (non-hydrogen) atoms. The summed E-state index contributed by atoms with van der Waals surface area (Å²) in [4.78, 5) is 1.24. The highest BCUT2D eigenvalue weighted by atomic mass is 35.5. The molecule has 0 fully saturated rings. The Hall–Kier alpha value is -0.560. The molecule has 0 atom stereocenters. The summed E-state index contributed by atoms with van der Waals surface area (Å²) in [5.41, 5.74) is 5.57. The Bertz CT molecular complexity index is 494. The fourth-order valence-electron chi connectivity index (χ4n) is 1.42. The molecular formula is C10H13ClN4S2. The molecule has 0 saturated heterocycles. The van der Waals surface area contributed by atoms with Crippen LogP contribution in [0.15, 0.2) is 17.3 Å². The Morgan fingerprint density at radius 1 is 1.47 bits per heavy atom. The fourth-order valence-corrected chi connectivity index (χ4v) is 3.56. The standard InChI is InChI=1S/C10H13ClN4S2/c1-7-13-14-10(15(7)5-4-12)16-6-8-2-3-9(11)17-8/h2-3H,4-6,12H2,1H3. The van der Waals surface area contributed by atoms with Crippen LogP contribution in [0.4, 0.5) is 0 Å². The predicted molar refractivity (Wildman–Crippen MR) is 72.7 cm³/mol. The zero-order valence-corrected chi connectivity index (χ0v) is 11.8. The lowest BCUT2D eigenvalue weighted by atomic mass is 10.5. The van der Waals surface area contributed by atoms with Crippen LogP contribution in [-0.2, 0) is 12.3 Å². The lowest BCUT2D eigenvalue weighted by molar-refractivity contribution is 0.627. The van der Waals surface area contributed by atoms with Crippen molar-refractivity contribution in [2.45, 2.75) is 24.4 Å². The lowest BCUT2D eigenvalue weighted by Crippen LogP contribution is -2.12. The lowest BCUT2D eigenvalue weighted by Gasteiger charge is -2.05. The number of nitrogens with zero attached hydrogens (tertiary/aromatic N) is 3. The molecule has 4 nitrogen and oxygen atoms in total. The number of thioether (sulfide) groups is 1. The molecule has 92 valence electrons. The molecule has 2 rings (SSSR count). The molecule has 0 aliphatic carbocycles. The number of hydrogen-bond donors (Lipinski definition) is 1.